The average Bonchev–Trinajstić information content (AvgIpc) is 2.42. The summed E-state index contributed by atoms with van der Waals surface area (Å²) in [4.78, 5) is 11.2. The third-order valence-corrected chi connectivity index (χ3v) is 2.12. The average molecular weight is 285 g/mol. The lowest BCUT2D eigenvalue weighted by molar-refractivity contribution is -0.153. The van der Waals surface area contributed by atoms with Gasteiger partial charge < -0.3 is 9.47 Å². The van der Waals surface area contributed by atoms with Gasteiger partial charge in [-0.1, -0.05) is 12.1 Å². The molecule has 0 unspecified atom stereocenters. The van der Waals surface area contributed by atoms with Gasteiger partial charge in [0.05, 0.1) is 7.11 Å². The highest BCUT2D eigenvalue weighted by Crippen LogP contribution is 2.19. The van der Waals surface area contributed by atoms with Crippen molar-refractivity contribution in [1.29, 1.82) is 5.26 Å². The number of ether oxygens (including phenoxy) is 2. The third-order valence-electron chi connectivity index (χ3n) is 2.12. The largest absolute Gasteiger partial charge is 0.484 e. The van der Waals surface area contributed by atoms with E-state index >= 15 is 0 Å². The number of benzene rings is 1. The fourth-order valence-electron chi connectivity index (χ4n) is 1.24. The second kappa shape index (κ2) is 6.61. The highest BCUT2D eigenvalue weighted by molar-refractivity contribution is 5.97. The minimum atomic E-state index is -4.41. The molecule has 0 bridgehead atoms. The van der Waals surface area contributed by atoms with Crippen LogP contribution in [0.2, 0.25) is 0 Å². The summed E-state index contributed by atoms with van der Waals surface area (Å²) in [5.74, 6) is -0.749. The van der Waals surface area contributed by atoms with Gasteiger partial charge in [0.2, 0.25) is 0 Å². The normalized spacial score (nSPS) is 11.7. The number of esters is 1. The van der Waals surface area contributed by atoms with E-state index in [1.807, 2.05) is 0 Å². The Morgan fingerprint density at radius 2 is 1.95 bits per heavy atom. The molecule has 0 saturated heterocycles. The predicted molar refractivity (Wildman–Crippen MR) is 63.6 cm³/mol. The minimum Gasteiger partial charge on any atom is -0.484 e. The van der Waals surface area contributed by atoms with Crippen LogP contribution in [0.5, 0.6) is 5.75 Å². The number of methoxy groups -OCH3 is 1. The van der Waals surface area contributed by atoms with E-state index in [1.54, 1.807) is 6.07 Å². The van der Waals surface area contributed by atoms with Crippen LogP contribution in [-0.4, -0.2) is 25.9 Å². The molecule has 1 aromatic carbocycles. The second-order valence-corrected chi connectivity index (χ2v) is 3.63. The van der Waals surface area contributed by atoms with E-state index in [-0.39, 0.29) is 11.3 Å². The van der Waals surface area contributed by atoms with Gasteiger partial charge >= 0.3 is 12.1 Å². The number of alkyl halides is 3. The fourth-order valence-corrected chi connectivity index (χ4v) is 1.24. The topological polar surface area (TPSA) is 59.3 Å². The first-order valence-corrected chi connectivity index (χ1v) is 5.35. The molecule has 0 amide bonds. The Balaban J connectivity index is 2.79. The Kier molecular flexibility index (Phi) is 5.15. The van der Waals surface area contributed by atoms with Crippen molar-refractivity contribution in [3.63, 3.8) is 0 Å². The molecule has 0 aliphatic heterocycles. The second-order valence-electron chi connectivity index (χ2n) is 3.63. The van der Waals surface area contributed by atoms with Crippen LogP contribution < -0.4 is 4.74 Å². The molecule has 106 valence electrons. The van der Waals surface area contributed by atoms with Gasteiger partial charge in [-0.25, -0.2) is 4.79 Å². The number of hydrogen-bond acceptors (Lipinski definition) is 4. The molecule has 0 aliphatic rings. The minimum absolute atomic E-state index is 0.0380. The van der Waals surface area contributed by atoms with Gasteiger partial charge in [0.15, 0.2) is 6.61 Å². The maximum Gasteiger partial charge on any atom is 0.422 e. The van der Waals surface area contributed by atoms with Gasteiger partial charge in [0, 0.05) is 0 Å². The molecule has 1 rings (SSSR count). The lowest BCUT2D eigenvalue weighted by atomic mass is 10.1. The Hall–Kier alpha value is -2.49. The van der Waals surface area contributed by atoms with Crippen molar-refractivity contribution in [2.45, 2.75) is 6.18 Å². The molecule has 20 heavy (non-hydrogen) atoms. The van der Waals surface area contributed by atoms with Gasteiger partial charge in [0.1, 0.15) is 17.4 Å². The molecule has 0 aromatic heterocycles. The molecule has 0 atom stereocenters. The number of halogens is 3. The van der Waals surface area contributed by atoms with Crippen LogP contribution in [0.3, 0.4) is 0 Å². The predicted octanol–water partition coefficient (Wildman–Crippen LogP) is 2.71. The van der Waals surface area contributed by atoms with Crippen molar-refractivity contribution in [3.05, 3.63) is 35.4 Å². The number of nitriles is 1. The number of carbonyl (C=O) groups excluding carboxylic acids is 1. The molecule has 0 aliphatic carbocycles. The van der Waals surface area contributed by atoms with E-state index in [4.69, 9.17) is 5.26 Å². The van der Waals surface area contributed by atoms with Crippen molar-refractivity contribution in [1.82, 2.24) is 0 Å². The molecule has 0 heterocycles. The number of carbonyl (C=O) groups is 1. The zero-order chi connectivity index (χ0) is 15.2. The zero-order valence-corrected chi connectivity index (χ0v) is 10.4. The summed E-state index contributed by atoms with van der Waals surface area (Å²) in [7, 11) is 1.14. The van der Waals surface area contributed by atoms with E-state index in [0.29, 0.717) is 5.56 Å². The monoisotopic (exact) mass is 285 g/mol. The Labute approximate surface area is 113 Å². The van der Waals surface area contributed by atoms with Crippen LogP contribution in [0.15, 0.2) is 29.8 Å². The molecular weight excluding hydrogens is 275 g/mol. The van der Waals surface area contributed by atoms with E-state index in [9.17, 15) is 18.0 Å². The number of nitrogens with zero attached hydrogens (tertiary/aromatic N) is 1. The fraction of sp³-hybridized carbons (Fsp3) is 0.231. The van der Waals surface area contributed by atoms with E-state index in [0.717, 1.165) is 7.11 Å². The molecule has 0 spiro atoms. The molecule has 1 aromatic rings. The molecular formula is C13H10F3NO3. The standard InChI is InChI=1S/C13H10F3NO3/c1-19-12(18)10(7-17)6-9-2-4-11(5-3-9)20-8-13(14,15)16/h2-6H,8H2,1H3/b10-6-. The van der Waals surface area contributed by atoms with Crippen LogP contribution in [-0.2, 0) is 9.53 Å². The molecule has 0 fully saturated rings. The zero-order valence-electron chi connectivity index (χ0n) is 10.4. The maximum atomic E-state index is 11.9. The molecule has 7 heteroatoms. The lowest BCUT2D eigenvalue weighted by Gasteiger charge is -2.08. The van der Waals surface area contributed by atoms with E-state index in [1.165, 1.54) is 30.3 Å². The molecule has 0 saturated carbocycles. The van der Waals surface area contributed by atoms with Crippen molar-refractivity contribution >= 4 is 12.0 Å². The number of hydrogen-bond donors (Lipinski definition) is 0. The highest BCUT2D eigenvalue weighted by Gasteiger charge is 2.28. The quantitative estimate of drug-likeness (QED) is 0.485. The Morgan fingerprint density at radius 3 is 2.40 bits per heavy atom. The summed E-state index contributed by atoms with van der Waals surface area (Å²) in [6.07, 6.45) is -3.14. The smallest absolute Gasteiger partial charge is 0.422 e. The first-order valence-electron chi connectivity index (χ1n) is 5.35. The summed E-state index contributed by atoms with van der Waals surface area (Å²) in [5, 5.41) is 8.75. The summed E-state index contributed by atoms with van der Waals surface area (Å²) < 4.78 is 44.8. The molecule has 4 nitrogen and oxygen atoms in total. The van der Waals surface area contributed by atoms with Crippen LogP contribution in [0.1, 0.15) is 5.56 Å². The van der Waals surface area contributed by atoms with Crippen LogP contribution in [0.25, 0.3) is 6.08 Å². The van der Waals surface area contributed by atoms with Crippen molar-refractivity contribution in [2.24, 2.45) is 0 Å². The summed E-state index contributed by atoms with van der Waals surface area (Å²) in [6.45, 7) is -1.38. The van der Waals surface area contributed by atoms with Gasteiger partial charge in [0.25, 0.3) is 0 Å². The van der Waals surface area contributed by atoms with E-state index < -0.39 is 18.8 Å². The van der Waals surface area contributed by atoms with E-state index in [2.05, 4.69) is 9.47 Å². The first kappa shape index (κ1) is 15.6. The van der Waals surface area contributed by atoms with Gasteiger partial charge in [-0.15, -0.1) is 0 Å². The van der Waals surface area contributed by atoms with Crippen molar-refractivity contribution in [2.75, 3.05) is 13.7 Å². The summed E-state index contributed by atoms with van der Waals surface area (Å²) >= 11 is 0. The Morgan fingerprint density at radius 1 is 1.35 bits per heavy atom. The SMILES string of the molecule is COC(=O)/C(C#N)=C\c1ccc(OCC(F)(F)F)cc1. The van der Waals surface area contributed by atoms with Crippen LogP contribution in [0, 0.1) is 11.3 Å². The first-order chi connectivity index (χ1) is 9.35. The lowest BCUT2D eigenvalue weighted by Crippen LogP contribution is -2.19. The van der Waals surface area contributed by atoms with Crippen LogP contribution in [0.4, 0.5) is 13.2 Å². The molecule has 0 N–H and O–H groups in total. The van der Waals surface area contributed by atoms with Crippen molar-refractivity contribution < 1.29 is 27.4 Å². The van der Waals surface area contributed by atoms with Crippen LogP contribution >= 0.6 is 0 Å². The van der Waals surface area contributed by atoms with Gasteiger partial charge in [-0.05, 0) is 23.8 Å². The summed E-state index contributed by atoms with van der Waals surface area (Å²) in [5.41, 5.74) is 0.253. The molecule has 0 radical (unpaired) electrons. The van der Waals surface area contributed by atoms with Gasteiger partial charge in [-0.2, -0.15) is 18.4 Å². The van der Waals surface area contributed by atoms with Crippen molar-refractivity contribution in [3.8, 4) is 11.8 Å². The highest BCUT2D eigenvalue weighted by atomic mass is 19.4. The number of rotatable bonds is 4. The third kappa shape index (κ3) is 5.02. The summed E-state index contributed by atoms with van der Waals surface area (Å²) in [6, 6.07) is 7.13. The maximum absolute atomic E-state index is 11.9. The Bertz CT molecular complexity index is 541. The van der Waals surface area contributed by atoms with Gasteiger partial charge in [-0.3, -0.25) is 0 Å².